The third kappa shape index (κ3) is 5.12. The maximum absolute atomic E-state index is 12.9. The average Bonchev–Trinajstić information content (AvgIpc) is 3.43. The van der Waals surface area contributed by atoms with Crippen LogP contribution in [0.3, 0.4) is 0 Å². The van der Waals surface area contributed by atoms with Gasteiger partial charge >= 0.3 is 5.97 Å². The van der Waals surface area contributed by atoms with Gasteiger partial charge in [-0.15, -0.1) is 0 Å². The zero-order valence-electron chi connectivity index (χ0n) is 19.7. The summed E-state index contributed by atoms with van der Waals surface area (Å²) in [4.78, 5) is 30.3. The Hall–Kier alpha value is -2.87. The summed E-state index contributed by atoms with van der Waals surface area (Å²) in [6, 6.07) is 1.93. The number of hydrogen-bond acceptors (Lipinski definition) is 6. The minimum absolute atomic E-state index is 0.0101. The van der Waals surface area contributed by atoms with Gasteiger partial charge in [0.15, 0.2) is 5.69 Å². The number of hydrogen-bond donors (Lipinski definition) is 2. The molecule has 8 heteroatoms. The number of pyridine rings is 1. The number of carbonyl (C=O) groups is 2. The Morgan fingerprint density at radius 2 is 2.22 bits per heavy atom. The summed E-state index contributed by atoms with van der Waals surface area (Å²) < 4.78 is 12.7. The molecule has 1 aliphatic heterocycles. The highest BCUT2D eigenvalue weighted by molar-refractivity contribution is 6.11. The number of anilines is 2. The molecule has 32 heavy (non-hydrogen) atoms. The molecule has 2 N–H and O–H groups in total. The summed E-state index contributed by atoms with van der Waals surface area (Å²) in [5, 5.41) is 7.04. The molecular formula is C24H34N4O4. The molecular weight excluding hydrogens is 408 g/mol. The first-order valence-electron chi connectivity index (χ1n) is 11.3. The van der Waals surface area contributed by atoms with E-state index in [4.69, 9.17) is 9.47 Å². The van der Waals surface area contributed by atoms with Crippen molar-refractivity contribution in [2.75, 3.05) is 30.9 Å². The molecule has 0 saturated carbocycles. The molecule has 2 unspecified atom stereocenters. The first kappa shape index (κ1) is 23.8. The summed E-state index contributed by atoms with van der Waals surface area (Å²) in [6.07, 6.45) is 6.38. The minimum Gasteiger partial charge on any atom is -0.464 e. The van der Waals surface area contributed by atoms with E-state index in [-0.39, 0.29) is 17.9 Å². The molecule has 0 spiro atoms. The predicted octanol–water partition coefficient (Wildman–Crippen LogP) is 4.36. The second-order valence-electron chi connectivity index (χ2n) is 8.34. The quantitative estimate of drug-likeness (QED) is 0.442. The number of nitrogens with one attached hydrogen (secondary N) is 2. The molecule has 0 aliphatic carbocycles. The van der Waals surface area contributed by atoms with E-state index in [1.807, 2.05) is 44.4 Å². The molecule has 1 saturated heterocycles. The fraction of sp³-hybridized carbons (Fsp3) is 0.542. The van der Waals surface area contributed by atoms with Crippen LogP contribution in [-0.2, 0) is 20.8 Å². The lowest BCUT2D eigenvalue weighted by molar-refractivity contribution is -0.119. The van der Waals surface area contributed by atoms with Gasteiger partial charge in [0.25, 0.3) is 0 Å². The summed E-state index contributed by atoms with van der Waals surface area (Å²) in [7, 11) is 1.34. The van der Waals surface area contributed by atoms with Crippen molar-refractivity contribution < 1.29 is 19.1 Å². The van der Waals surface area contributed by atoms with Crippen molar-refractivity contribution in [3.8, 4) is 0 Å². The van der Waals surface area contributed by atoms with Crippen molar-refractivity contribution in [3.63, 3.8) is 0 Å². The molecule has 2 atom stereocenters. The molecule has 8 nitrogen and oxygen atoms in total. The van der Waals surface area contributed by atoms with Crippen molar-refractivity contribution >= 4 is 34.3 Å². The van der Waals surface area contributed by atoms with Crippen LogP contribution in [0.25, 0.3) is 11.0 Å². The van der Waals surface area contributed by atoms with Gasteiger partial charge in [0.1, 0.15) is 5.65 Å². The highest BCUT2D eigenvalue weighted by Gasteiger charge is 2.29. The number of allylic oxidation sites excluding steroid dienone is 1. The van der Waals surface area contributed by atoms with Crippen LogP contribution in [0.2, 0.25) is 0 Å². The van der Waals surface area contributed by atoms with Crippen molar-refractivity contribution in [2.24, 2.45) is 5.92 Å². The van der Waals surface area contributed by atoms with Gasteiger partial charge in [0, 0.05) is 24.5 Å². The highest BCUT2D eigenvalue weighted by Crippen LogP contribution is 2.34. The number of carbonyl (C=O) groups excluding carboxylic acids is 2. The van der Waals surface area contributed by atoms with Crippen molar-refractivity contribution in [1.29, 1.82) is 0 Å². The molecule has 2 aromatic heterocycles. The van der Waals surface area contributed by atoms with Crippen LogP contribution >= 0.6 is 0 Å². The number of amides is 1. The fourth-order valence-corrected chi connectivity index (χ4v) is 3.70. The van der Waals surface area contributed by atoms with E-state index < -0.39 is 5.97 Å². The zero-order valence-corrected chi connectivity index (χ0v) is 19.7. The Bertz CT molecular complexity index is 1010. The Labute approximate surface area is 189 Å². The molecule has 0 aromatic carbocycles. The number of ether oxygens (including phenoxy) is 2. The molecule has 2 aromatic rings. The zero-order chi connectivity index (χ0) is 23.3. The van der Waals surface area contributed by atoms with E-state index in [1.165, 1.54) is 12.7 Å². The molecule has 0 radical (unpaired) electrons. The number of fused-ring (bicyclic) bond motifs is 1. The van der Waals surface area contributed by atoms with Crippen LogP contribution in [-0.4, -0.2) is 47.8 Å². The molecule has 3 heterocycles. The van der Waals surface area contributed by atoms with Crippen molar-refractivity contribution in [1.82, 2.24) is 9.55 Å². The van der Waals surface area contributed by atoms with Crippen LogP contribution in [0.15, 0.2) is 23.9 Å². The number of esters is 1. The Morgan fingerprint density at radius 3 is 2.84 bits per heavy atom. The lowest BCUT2D eigenvalue weighted by Crippen LogP contribution is -2.23. The van der Waals surface area contributed by atoms with Gasteiger partial charge in [-0.05, 0) is 39.2 Å². The van der Waals surface area contributed by atoms with Gasteiger partial charge in [-0.2, -0.15) is 0 Å². The first-order chi connectivity index (χ1) is 15.4. The smallest absolute Gasteiger partial charge is 0.356 e. The van der Waals surface area contributed by atoms with Gasteiger partial charge < -0.3 is 24.7 Å². The maximum atomic E-state index is 12.9. The SMILES string of the molecule is CC=C(C)CNc1cnc2c(c1)c(NC(=O)C(C)CC)c(C(=O)OC)n2CC1CCCO1. The standard InChI is InChI=1S/C24H34N4O4/c1-6-15(3)12-25-17-11-19-20(27-23(29)16(4)7-2)21(24(30)31-5)28(22(19)26-13-17)14-18-9-8-10-32-18/h6,11,13,16,18,25H,7-10,12,14H2,1-5H3,(H,27,29). The van der Waals surface area contributed by atoms with E-state index in [0.29, 0.717) is 48.5 Å². The predicted molar refractivity (Wildman–Crippen MR) is 126 cm³/mol. The third-order valence-electron chi connectivity index (χ3n) is 6.06. The van der Waals surface area contributed by atoms with E-state index >= 15 is 0 Å². The maximum Gasteiger partial charge on any atom is 0.356 e. The summed E-state index contributed by atoms with van der Waals surface area (Å²) in [6.45, 7) is 9.72. The van der Waals surface area contributed by atoms with Gasteiger partial charge in [-0.3, -0.25) is 4.79 Å². The second kappa shape index (κ2) is 10.6. The van der Waals surface area contributed by atoms with E-state index in [9.17, 15) is 9.59 Å². The van der Waals surface area contributed by atoms with E-state index in [2.05, 4.69) is 15.6 Å². The third-order valence-corrected chi connectivity index (χ3v) is 6.06. The van der Waals surface area contributed by atoms with E-state index in [0.717, 1.165) is 18.5 Å². The molecule has 174 valence electrons. The van der Waals surface area contributed by atoms with Gasteiger partial charge in [0.2, 0.25) is 5.91 Å². The Morgan fingerprint density at radius 1 is 1.44 bits per heavy atom. The van der Waals surface area contributed by atoms with Crippen LogP contribution < -0.4 is 10.6 Å². The van der Waals surface area contributed by atoms with Crippen LogP contribution in [0.5, 0.6) is 0 Å². The van der Waals surface area contributed by atoms with Crippen molar-refractivity contribution in [2.45, 2.75) is 59.6 Å². The van der Waals surface area contributed by atoms with Crippen LogP contribution in [0.4, 0.5) is 11.4 Å². The van der Waals surface area contributed by atoms with Gasteiger partial charge in [-0.25, -0.2) is 9.78 Å². The average molecular weight is 443 g/mol. The topological polar surface area (TPSA) is 94.5 Å². The second-order valence-corrected chi connectivity index (χ2v) is 8.34. The molecule has 0 bridgehead atoms. The summed E-state index contributed by atoms with van der Waals surface area (Å²) >= 11 is 0. The van der Waals surface area contributed by atoms with Gasteiger partial charge in [0.05, 0.1) is 37.3 Å². The molecule has 1 aliphatic rings. The molecule has 1 fully saturated rings. The van der Waals surface area contributed by atoms with E-state index in [1.54, 1.807) is 6.20 Å². The molecule has 1 amide bonds. The summed E-state index contributed by atoms with van der Waals surface area (Å²) in [5.74, 6) is -0.847. The lowest BCUT2D eigenvalue weighted by Gasteiger charge is -2.15. The first-order valence-corrected chi connectivity index (χ1v) is 11.3. The lowest BCUT2D eigenvalue weighted by atomic mass is 10.1. The van der Waals surface area contributed by atoms with Crippen LogP contribution in [0, 0.1) is 5.92 Å². The van der Waals surface area contributed by atoms with Crippen LogP contribution in [0.1, 0.15) is 57.4 Å². The minimum atomic E-state index is -0.514. The highest BCUT2D eigenvalue weighted by atomic mass is 16.5. The number of aromatic nitrogens is 2. The Balaban J connectivity index is 2.13. The number of nitrogens with zero attached hydrogens (tertiary/aromatic N) is 2. The monoisotopic (exact) mass is 442 g/mol. The number of methoxy groups -OCH3 is 1. The normalized spacial score (nSPS) is 17.4. The van der Waals surface area contributed by atoms with Gasteiger partial charge in [-0.1, -0.05) is 25.5 Å². The summed E-state index contributed by atoms with van der Waals surface area (Å²) in [5.41, 5.74) is 3.36. The largest absolute Gasteiger partial charge is 0.464 e. The fourth-order valence-electron chi connectivity index (χ4n) is 3.70. The number of rotatable bonds is 9. The Kier molecular flexibility index (Phi) is 7.90. The molecule has 3 rings (SSSR count). The van der Waals surface area contributed by atoms with Crippen molar-refractivity contribution in [3.05, 3.63) is 29.6 Å².